The summed E-state index contributed by atoms with van der Waals surface area (Å²) in [4.78, 5) is 28.1. The molecule has 10 heteroatoms. The summed E-state index contributed by atoms with van der Waals surface area (Å²) in [5, 5.41) is 4.78. The minimum absolute atomic E-state index is 0.0962. The maximum Gasteiger partial charge on any atom is 0.257 e. The van der Waals surface area contributed by atoms with Gasteiger partial charge in [0.15, 0.2) is 0 Å². The van der Waals surface area contributed by atoms with Gasteiger partial charge in [-0.05, 0) is 72.2 Å². The highest BCUT2D eigenvalue weighted by molar-refractivity contribution is 6.36. The number of rotatable bonds is 4. The molecule has 204 valence electrons. The van der Waals surface area contributed by atoms with Crippen molar-refractivity contribution < 1.29 is 14.0 Å². The number of hydrogen-bond acceptors (Lipinski definition) is 5. The number of hydrogen-bond donors (Lipinski definition) is 2. The van der Waals surface area contributed by atoms with Crippen molar-refractivity contribution in [3.8, 4) is 0 Å². The van der Waals surface area contributed by atoms with Crippen LogP contribution in [0, 0.1) is 17.7 Å². The Balaban J connectivity index is 1.39. The predicted octanol–water partition coefficient (Wildman–Crippen LogP) is 4.79. The minimum atomic E-state index is -0.717. The van der Waals surface area contributed by atoms with Crippen molar-refractivity contribution in [1.29, 1.82) is 0 Å². The van der Waals surface area contributed by atoms with Gasteiger partial charge in [0.25, 0.3) is 5.91 Å². The Morgan fingerprint density at radius 1 is 1.05 bits per heavy atom. The van der Waals surface area contributed by atoms with Crippen molar-refractivity contribution in [2.75, 3.05) is 31.2 Å². The van der Waals surface area contributed by atoms with Gasteiger partial charge in [-0.15, -0.1) is 0 Å². The summed E-state index contributed by atoms with van der Waals surface area (Å²) < 4.78 is 13.6. The second-order valence-electron chi connectivity index (χ2n) is 10.8. The van der Waals surface area contributed by atoms with Gasteiger partial charge in [0.1, 0.15) is 11.9 Å². The zero-order valence-electron chi connectivity index (χ0n) is 21.6. The largest absolute Gasteiger partial charge is 0.334 e. The smallest absolute Gasteiger partial charge is 0.257 e. The van der Waals surface area contributed by atoms with Gasteiger partial charge in [-0.3, -0.25) is 20.0 Å². The van der Waals surface area contributed by atoms with Crippen LogP contribution in [0.25, 0.3) is 6.08 Å². The summed E-state index contributed by atoms with van der Waals surface area (Å²) in [6.07, 6.45) is 5.60. The SMILES string of the molecule is CC(=O)N1CC2=C(/C(=C/c3ccc(F)cc3)C1)N(c1ccc(Cl)cc1Cl)NC2C(=O)NN1CC2CCCC2C1. The summed E-state index contributed by atoms with van der Waals surface area (Å²) >= 11 is 12.8. The lowest BCUT2D eigenvalue weighted by atomic mass is 9.95. The molecule has 0 spiro atoms. The molecule has 1 saturated heterocycles. The Labute approximate surface area is 237 Å². The van der Waals surface area contributed by atoms with Crippen LogP contribution in [0.3, 0.4) is 0 Å². The van der Waals surface area contributed by atoms with Crippen LogP contribution >= 0.6 is 23.2 Å². The van der Waals surface area contributed by atoms with E-state index in [-0.39, 0.29) is 17.6 Å². The molecule has 2 aromatic rings. The van der Waals surface area contributed by atoms with Crippen LogP contribution in [0.1, 0.15) is 31.7 Å². The Morgan fingerprint density at radius 3 is 2.44 bits per heavy atom. The van der Waals surface area contributed by atoms with Crippen molar-refractivity contribution in [3.05, 3.63) is 80.7 Å². The van der Waals surface area contributed by atoms with Gasteiger partial charge in [-0.1, -0.05) is 41.8 Å². The first kappa shape index (κ1) is 26.3. The van der Waals surface area contributed by atoms with Gasteiger partial charge in [0, 0.05) is 43.7 Å². The van der Waals surface area contributed by atoms with Gasteiger partial charge in [0.2, 0.25) is 5.91 Å². The van der Waals surface area contributed by atoms with E-state index in [4.69, 9.17) is 23.2 Å². The van der Waals surface area contributed by atoms with E-state index in [9.17, 15) is 14.0 Å². The Bertz CT molecular complexity index is 1370. The molecule has 0 radical (unpaired) electrons. The van der Waals surface area contributed by atoms with Crippen molar-refractivity contribution >= 4 is 46.8 Å². The molecular weight excluding hydrogens is 540 g/mol. The quantitative estimate of drug-likeness (QED) is 0.554. The van der Waals surface area contributed by atoms with Crippen LogP contribution in [0.4, 0.5) is 10.1 Å². The monoisotopic (exact) mass is 569 g/mol. The van der Waals surface area contributed by atoms with Crippen LogP contribution in [-0.2, 0) is 9.59 Å². The number of amides is 2. The molecule has 3 heterocycles. The van der Waals surface area contributed by atoms with Gasteiger partial charge in [0.05, 0.1) is 16.4 Å². The summed E-state index contributed by atoms with van der Waals surface area (Å²) in [5.41, 5.74) is 10.3. The zero-order chi connectivity index (χ0) is 27.3. The van der Waals surface area contributed by atoms with E-state index < -0.39 is 6.04 Å². The molecule has 2 fully saturated rings. The van der Waals surface area contributed by atoms with Crippen molar-refractivity contribution in [1.82, 2.24) is 20.8 Å². The number of halogens is 3. The lowest BCUT2D eigenvalue weighted by molar-refractivity contribution is -0.129. The van der Waals surface area contributed by atoms with Crippen molar-refractivity contribution in [3.63, 3.8) is 0 Å². The van der Waals surface area contributed by atoms with E-state index in [1.165, 1.54) is 38.3 Å². The van der Waals surface area contributed by atoms with Gasteiger partial charge in [-0.25, -0.2) is 14.8 Å². The number of hydrazine groups is 2. The van der Waals surface area contributed by atoms with E-state index in [0.29, 0.717) is 40.7 Å². The Morgan fingerprint density at radius 2 is 1.77 bits per heavy atom. The molecule has 7 nitrogen and oxygen atoms in total. The van der Waals surface area contributed by atoms with Crippen LogP contribution < -0.4 is 15.9 Å². The number of nitrogens with one attached hydrogen (secondary N) is 2. The van der Waals surface area contributed by atoms with E-state index >= 15 is 0 Å². The summed E-state index contributed by atoms with van der Waals surface area (Å²) in [5.74, 6) is 0.664. The molecule has 6 rings (SSSR count). The number of fused-ring (bicyclic) bond motifs is 1. The third-order valence-electron chi connectivity index (χ3n) is 8.22. The highest BCUT2D eigenvalue weighted by Gasteiger charge is 2.44. The molecule has 3 unspecified atom stereocenters. The first-order chi connectivity index (χ1) is 18.8. The molecule has 4 aliphatic rings. The first-order valence-electron chi connectivity index (χ1n) is 13.3. The summed E-state index contributed by atoms with van der Waals surface area (Å²) in [6.45, 7) is 3.87. The van der Waals surface area contributed by atoms with Crippen LogP contribution in [0.2, 0.25) is 10.0 Å². The molecule has 1 aliphatic carbocycles. The average molecular weight is 570 g/mol. The van der Waals surface area contributed by atoms with E-state index in [0.717, 1.165) is 35.5 Å². The lowest BCUT2D eigenvalue weighted by Gasteiger charge is -2.32. The van der Waals surface area contributed by atoms with Crippen LogP contribution in [0.15, 0.2) is 59.3 Å². The van der Waals surface area contributed by atoms with Gasteiger partial charge >= 0.3 is 0 Å². The minimum Gasteiger partial charge on any atom is -0.334 e. The third-order valence-corrected chi connectivity index (χ3v) is 8.76. The van der Waals surface area contributed by atoms with Crippen LogP contribution in [0.5, 0.6) is 0 Å². The second-order valence-corrected chi connectivity index (χ2v) is 11.6. The number of benzene rings is 2. The highest BCUT2D eigenvalue weighted by Crippen LogP contribution is 2.40. The number of nitrogens with zero attached hydrogens (tertiary/aromatic N) is 3. The average Bonchev–Trinajstić information content (AvgIpc) is 3.59. The molecule has 3 aliphatic heterocycles. The molecular formula is C29H30Cl2FN5O2. The fourth-order valence-electron chi connectivity index (χ4n) is 6.32. The lowest BCUT2D eigenvalue weighted by Crippen LogP contribution is -2.52. The first-order valence-corrected chi connectivity index (χ1v) is 14.0. The number of carbonyl (C=O) groups is 2. The summed E-state index contributed by atoms with van der Waals surface area (Å²) in [6, 6.07) is 10.7. The molecule has 3 atom stereocenters. The van der Waals surface area contributed by atoms with Crippen LogP contribution in [-0.4, -0.2) is 53.9 Å². The summed E-state index contributed by atoms with van der Waals surface area (Å²) in [7, 11) is 0. The molecule has 39 heavy (non-hydrogen) atoms. The standard InChI is InChI=1S/C29H30Cl2FN5O2/c1-17(38)35-13-21(11-18-5-8-23(32)9-6-18)28-24(16-35)27(33-37(28)26-10-7-22(30)12-25(26)31)29(39)34-36-14-19-3-2-4-20(19)15-36/h5-12,19-20,27,33H,2-4,13-16H2,1H3,(H,34,39)/b21-11+. The van der Waals surface area contributed by atoms with Gasteiger partial charge < -0.3 is 4.90 Å². The van der Waals surface area contributed by atoms with Gasteiger partial charge in [-0.2, -0.15) is 0 Å². The van der Waals surface area contributed by atoms with Crippen molar-refractivity contribution in [2.45, 2.75) is 32.2 Å². The fourth-order valence-corrected chi connectivity index (χ4v) is 6.82. The number of carbonyl (C=O) groups excluding carboxylic acids is 2. The zero-order valence-corrected chi connectivity index (χ0v) is 23.1. The number of anilines is 1. The second kappa shape index (κ2) is 10.6. The molecule has 0 aromatic heterocycles. The van der Waals surface area contributed by atoms with E-state index in [1.807, 2.05) is 16.1 Å². The highest BCUT2D eigenvalue weighted by atomic mass is 35.5. The molecule has 2 aromatic carbocycles. The Hall–Kier alpha value is -2.91. The Kier molecular flexibility index (Phi) is 7.14. The molecule has 2 amide bonds. The molecule has 2 N–H and O–H groups in total. The maximum atomic E-state index is 13.8. The molecule has 1 saturated carbocycles. The molecule has 0 bridgehead atoms. The maximum absolute atomic E-state index is 13.8. The van der Waals surface area contributed by atoms with E-state index in [2.05, 4.69) is 10.9 Å². The van der Waals surface area contributed by atoms with E-state index in [1.54, 1.807) is 35.2 Å². The third kappa shape index (κ3) is 5.18. The van der Waals surface area contributed by atoms with Crippen molar-refractivity contribution in [2.24, 2.45) is 11.8 Å². The topological polar surface area (TPSA) is 67.9 Å². The normalized spacial score (nSPS) is 25.8. The fraction of sp³-hybridized carbons (Fsp3) is 0.379. The predicted molar refractivity (Wildman–Crippen MR) is 150 cm³/mol.